The highest BCUT2D eigenvalue weighted by atomic mass is 19.1. The van der Waals surface area contributed by atoms with Crippen molar-refractivity contribution >= 4 is 27.4 Å². The second-order valence-electron chi connectivity index (χ2n) is 10.0. The van der Waals surface area contributed by atoms with Crippen LogP contribution in [0.2, 0.25) is 0 Å². The normalized spacial score (nSPS) is 15.3. The minimum absolute atomic E-state index is 0.275. The van der Waals surface area contributed by atoms with Crippen LogP contribution < -0.4 is 0 Å². The molecule has 1 aliphatic rings. The monoisotopic (exact) mass is 518 g/mol. The van der Waals surface area contributed by atoms with Gasteiger partial charge in [0.1, 0.15) is 11.5 Å². The lowest BCUT2D eigenvalue weighted by molar-refractivity contribution is 0.248. The van der Waals surface area contributed by atoms with Gasteiger partial charge >= 0.3 is 0 Å². The Labute approximate surface area is 227 Å². The zero-order chi connectivity index (χ0) is 26.8. The smallest absolute Gasteiger partial charge is 0.123 e. The fourth-order valence-electron chi connectivity index (χ4n) is 5.39. The second-order valence-corrected chi connectivity index (χ2v) is 10.0. The summed E-state index contributed by atoms with van der Waals surface area (Å²) in [4.78, 5) is 15.1. The maximum Gasteiger partial charge on any atom is 0.123 e. The van der Waals surface area contributed by atoms with E-state index in [1.165, 1.54) is 37.0 Å². The zero-order valence-electron chi connectivity index (χ0n) is 22.0. The SMILES string of the molecule is C=C/C(=C\C(=C/C)c1cc2c(-c3cc4c(-c5cccc(F)c5)cncc4[nH]3)n[nH]c2cn1)CN1CCCCC1. The summed E-state index contributed by atoms with van der Waals surface area (Å²) in [7, 11) is 0. The van der Waals surface area contributed by atoms with E-state index in [1.54, 1.807) is 18.5 Å². The van der Waals surface area contributed by atoms with E-state index in [1.807, 2.05) is 25.3 Å². The van der Waals surface area contributed by atoms with Crippen LogP contribution in [0.3, 0.4) is 0 Å². The van der Waals surface area contributed by atoms with E-state index in [9.17, 15) is 4.39 Å². The highest BCUT2D eigenvalue weighted by Crippen LogP contribution is 2.34. The molecule has 1 fully saturated rings. The molecule has 7 heteroatoms. The number of nitrogens with one attached hydrogen (secondary N) is 2. The molecular formula is C32H31FN6. The Kier molecular flexibility index (Phi) is 6.90. The Balaban J connectivity index is 1.37. The number of allylic oxidation sites excluding steroid dienone is 3. The summed E-state index contributed by atoms with van der Waals surface area (Å²) in [5.41, 5.74) is 8.13. The standard InChI is InChI=1S/C32H31FN6/c1-3-21(20-39-11-6-5-7-12-39)13-22(4-2)28-16-26-31(19-35-28)37-38-32(26)29-15-25-27(17-34-18-30(25)36-29)23-9-8-10-24(33)14-23/h3-4,8-10,13-19,36H,1,5-7,11-12,20H2,2H3,(H,37,38)/b21-13+,22-4+. The van der Waals surface area contributed by atoms with Crippen LogP contribution in [-0.2, 0) is 0 Å². The summed E-state index contributed by atoms with van der Waals surface area (Å²) in [6.07, 6.45) is 15.5. The number of aromatic nitrogens is 5. The molecule has 1 saturated heterocycles. The lowest BCUT2D eigenvalue weighted by atomic mass is 10.0. The Hall–Kier alpha value is -4.36. The molecule has 0 bridgehead atoms. The van der Waals surface area contributed by atoms with Crippen LogP contribution >= 0.6 is 0 Å². The fourth-order valence-corrected chi connectivity index (χ4v) is 5.39. The van der Waals surface area contributed by atoms with E-state index in [0.29, 0.717) is 0 Å². The first-order chi connectivity index (χ1) is 19.1. The van der Waals surface area contributed by atoms with Crippen molar-refractivity contribution in [1.29, 1.82) is 0 Å². The lowest BCUT2D eigenvalue weighted by Crippen LogP contribution is -2.31. The third kappa shape index (κ3) is 5.05. The first kappa shape index (κ1) is 24.9. The summed E-state index contributed by atoms with van der Waals surface area (Å²) >= 11 is 0. The Bertz CT molecular complexity index is 1720. The number of hydrogen-bond acceptors (Lipinski definition) is 4. The average molecular weight is 519 g/mol. The predicted molar refractivity (Wildman–Crippen MR) is 157 cm³/mol. The molecule has 0 aliphatic carbocycles. The van der Waals surface area contributed by atoms with Crippen molar-refractivity contribution < 1.29 is 4.39 Å². The molecule has 5 heterocycles. The van der Waals surface area contributed by atoms with Crippen LogP contribution in [-0.4, -0.2) is 49.7 Å². The summed E-state index contributed by atoms with van der Waals surface area (Å²) in [6, 6.07) is 10.7. The van der Waals surface area contributed by atoms with Gasteiger partial charge in [-0.05, 0) is 79.9 Å². The first-order valence-electron chi connectivity index (χ1n) is 13.4. The number of nitrogens with zero attached hydrogens (tertiary/aromatic N) is 4. The molecule has 0 unspecified atom stereocenters. The molecule has 0 radical (unpaired) electrons. The van der Waals surface area contributed by atoms with Crippen LogP contribution in [0.4, 0.5) is 4.39 Å². The van der Waals surface area contributed by atoms with Crippen LogP contribution in [0.5, 0.6) is 0 Å². The van der Waals surface area contributed by atoms with Gasteiger partial charge in [0, 0.05) is 29.1 Å². The summed E-state index contributed by atoms with van der Waals surface area (Å²) in [6.45, 7) is 9.28. The number of aromatic amines is 2. The number of likely N-dealkylation sites (tertiary alicyclic amines) is 1. The molecule has 2 N–H and O–H groups in total. The van der Waals surface area contributed by atoms with Crippen LogP contribution in [0, 0.1) is 5.82 Å². The predicted octanol–water partition coefficient (Wildman–Crippen LogP) is 7.31. The zero-order valence-corrected chi connectivity index (χ0v) is 22.0. The molecule has 4 aromatic heterocycles. The minimum Gasteiger partial charge on any atom is -0.352 e. The van der Waals surface area contributed by atoms with E-state index < -0.39 is 0 Å². The Morgan fingerprint density at radius 1 is 1.05 bits per heavy atom. The van der Waals surface area contributed by atoms with Crippen LogP contribution in [0.1, 0.15) is 31.9 Å². The number of hydrogen-bond donors (Lipinski definition) is 2. The van der Waals surface area contributed by atoms with Gasteiger partial charge in [0.2, 0.25) is 0 Å². The number of H-pyrrole nitrogens is 2. The minimum atomic E-state index is -0.275. The lowest BCUT2D eigenvalue weighted by Gasteiger charge is -2.26. The van der Waals surface area contributed by atoms with E-state index in [-0.39, 0.29) is 5.82 Å². The quantitative estimate of drug-likeness (QED) is 0.222. The molecule has 6 nitrogen and oxygen atoms in total. The summed E-state index contributed by atoms with van der Waals surface area (Å²) < 4.78 is 13.9. The molecular weight excluding hydrogens is 487 g/mol. The van der Waals surface area contributed by atoms with Gasteiger partial charge in [0.05, 0.1) is 34.8 Å². The number of pyridine rings is 2. The first-order valence-corrected chi connectivity index (χ1v) is 13.4. The molecule has 0 atom stereocenters. The number of rotatable bonds is 7. The largest absolute Gasteiger partial charge is 0.352 e. The van der Waals surface area contributed by atoms with Crippen molar-refractivity contribution in [2.45, 2.75) is 26.2 Å². The van der Waals surface area contributed by atoms with Crippen molar-refractivity contribution in [2.24, 2.45) is 0 Å². The van der Waals surface area contributed by atoms with Gasteiger partial charge in [-0.3, -0.25) is 20.0 Å². The fraction of sp³-hybridized carbons (Fsp3) is 0.219. The maximum absolute atomic E-state index is 13.9. The molecule has 1 aromatic carbocycles. The molecule has 0 saturated carbocycles. The van der Waals surface area contributed by atoms with Crippen molar-refractivity contribution in [1.82, 2.24) is 30.0 Å². The highest BCUT2D eigenvalue weighted by molar-refractivity contribution is 6.01. The molecule has 39 heavy (non-hydrogen) atoms. The van der Waals surface area contributed by atoms with E-state index in [4.69, 9.17) is 4.98 Å². The topological polar surface area (TPSA) is 73.5 Å². The highest BCUT2D eigenvalue weighted by Gasteiger charge is 2.16. The van der Waals surface area contributed by atoms with Gasteiger partial charge in [0.15, 0.2) is 0 Å². The van der Waals surface area contributed by atoms with Gasteiger partial charge < -0.3 is 4.98 Å². The Morgan fingerprint density at radius 3 is 2.72 bits per heavy atom. The van der Waals surface area contributed by atoms with E-state index >= 15 is 0 Å². The molecule has 6 rings (SSSR count). The number of halogens is 1. The van der Waals surface area contributed by atoms with Crippen molar-refractivity contribution in [3.63, 3.8) is 0 Å². The third-order valence-electron chi connectivity index (χ3n) is 7.45. The van der Waals surface area contributed by atoms with Gasteiger partial charge in [0.25, 0.3) is 0 Å². The molecule has 1 aliphatic heterocycles. The van der Waals surface area contributed by atoms with Crippen molar-refractivity contribution in [3.05, 3.63) is 96.9 Å². The maximum atomic E-state index is 13.9. The van der Waals surface area contributed by atoms with Crippen molar-refractivity contribution in [2.75, 3.05) is 19.6 Å². The Morgan fingerprint density at radius 2 is 1.92 bits per heavy atom. The summed E-state index contributed by atoms with van der Waals surface area (Å²) in [5, 5.41) is 9.67. The molecule has 0 amide bonds. The van der Waals surface area contributed by atoms with Gasteiger partial charge in [-0.1, -0.05) is 37.3 Å². The van der Waals surface area contributed by atoms with E-state index in [2.05, 4.69) is 55.9 Å². The van der Waals surface area contributed by atoms with Gasteiger partial charge in [-0.15, -0.1) is 0 Å². The number of fused-ring (bicyclic) bond motifs is 2. The van der Waals surface area contributed by atoms with E-state index in [0.717, 1.165) is 75.2 Å². The summed E-state index contributed by atoms with van der Waals surface area (Å²) in [5.74, 6) is -0.275. The van der Waals surface area contributed by atoms with Gasteiger partial charge in [-0.25, -0.2) is 4.39 Å². The average Bonchev–Trinajstić information content (AvgIpc) is 3.59. The van der Waals surface area contributed by atoms with Crippen LogP contribution in [0.25, 0.3) is 49.9 Å². The number of benzene rings is 1. The van der Waals surface area contributed by atoms with Crippen molar-refractivity contribution in [3.8, 4) is 22.5 Å². The molecule has 0 spiro atoms. The third-order valence-corrected chi connectivity index (χ3v) is 7.45. The second kappa shape index (κ2) is 10.8. The molecule has 5 aromatic rings. The molecule has 196 valence electrons. The van der Waals surface area contributed by atoms with Gasteiger partial charge in [-0.2, -0.15) is 5.10 Å². The number of piperidine rings is 1. The van der Waals surface area contributed by atoms with Crippen LogP contribution in [0.15, 0.2) is 85.4 Å².